The molecule has 0 spiro atoms. The van der Waals surface area contributed by atoms with Crippen LogP contribution in [0.25, 0.3) is 6.08 Å². The van der Waals surface area contributed by atoms with Gasteiger partial charge >= 0.3 is 0 Å². The Bertz CT molecular complexity index is 935. The van der Waals surface area contributed by atoms with Gasteiger partial charge in [-0.25, -0.2) is 4.99 Å². The van der Waals surface area contributed by atoms with Gasteiger partial charge in [0.15, 0.2) is 5.17 Å². The van der Waals surface area contributed by atoms with Gasteiger partial charge in [-0.1, -0.05) is 24.3 Å². The number of aliphatic imine (C=N–C) groups is 1. The van der Waals surface area contributed by atoms with E-state index in [2.05, 4.69) is 10.3 Å². The molecule has 1 fully saturated rings. The molecular formula is C18H15N3O3S. The number of nitro benzene ring substituents is 1. The SMILES string of the molecule is Cc1cccc(N=C2NC(=O)/C(=C/c3ccc(C)c([N+](=O)[O-])c3)S2)c1. The number of hydrogen-bond acceptors (Lipinski definition) is 5. The molecule has 1 aliphatic heterocycles. The van der Waals surface area contributed by atoms with Gasteiger partial charge in [0.25, 0.3) is 11.6 Å². The molecule has 0 atom stereocenters. The molecule has 0 bridgehead atoms. The first-order valence-electron chi connectivity index (χ1n) is 7.54. The molecule has 0 aromatic heterocycles. The second-order valence-electron chi connectivity index (χ2n) is 5.62. The average Bonchev–Trinajstić information content (AvgIpc) is 2.88. The summed E-state index contributed by atoms with van der Waals surface area (Å²) in [5.41, 5.74) is 3.06. The summed E-state index contributed by atoms with van der Waals surface area (Å²) < 4.78 is 0. The summed E-state index contributed by atoms with van der Waals surface area (Å²) in [4.78, 5) is 27.6. The first kappa shape index (κ1) is 16.9. The molecule has 0 aliphatic carbocycles. The van der Waals surface area contributed by atoms with Crippen molar-refractivity contribution >= 4 is 40.3 Å². The lowest BCUT2D eigenvalue weighted by molar-refractivity contribution is -0.385. The average molecular weight is 353 g/mol. The molecule has 1 amide bonds. The second kappa shape index (κ2) is 6.90. The van der Waals surface area contributed by atoms with E-state index in [1.54, 1.807) is 25.1 Å². The van der Waals surface area contributed by atoms with Gasteiger partial charge in [0.05, 0.1) is 15.5 Å². The van der Waals surface area contributed by atoms with Crippen LogP contribution in [0.2, 0.25) is 0 Å². The molecule has 126 valence electrons. The number of rotatable bonds is 3. The van der Waals surface area contributed by atoms with Gasteiger partial charge in [-0.3, -0.25) is 14.9 Å². The number of amidine groups is 1. The molecule has 0 saturated carbocycles. The number of amides is 1. The summed E-state index contributed by atoms with van der Waals surface area (Å²) in [6, 6.07) is 12.5. The predicted octanol–water partition coefficient (Wildman–Crippen LogP) is 4.10. The fourth-order valence-corrected chi connectivity index (χ4v) is 3.20. The van der Waals surface area contributed by atoms with Crippen molar-refractivity contribution < 1.29 is 9.72 Å². The van der Waals surface area contributed by atoms with Crippen LogP contribution in [0.1, 0.15) is 16.7 Å². The number of nitrogens with zero attached hydrogens (tertiary/aromatic N) is 2. The fourth-order valence-electron chi connectivity index (χ4n) is 2.36. The van der Waals surface area contributed by atoms with Crippen LogP contribution in [-0.2, 0) is 4.79 Å². The highest BCUT2D eigenvalue weighted by Crippen LogP contribution is 2.29. The zero-order valence-electron chi connectivity index (χ0n) is 13.6. The Hall–Kier alpha value is -2.93. The molecule has 2 aromatic carbocycles. The second-order valence-corrected chi connectivity index (χ2v) is 6.65. The van der Waals surface area contributed by atoms with E-state index in [1.807, 2.05) is 31.2 Å². The summed E-state index contributed by atoms with van der Waals surface area (Å²) in [5.74, 6) is -0.264. The third-order valence-electron chi connectivity index (χ3n) is 3.61. The Balaban J connectivity index is 1.87. The van der Waals surface area contributed by atoms with Crippen LogP contribution in [0.5, 0.6) is 0 Å². The Labute approximate surface area is 148 Å². The number of nitrogens with one attached hydrogen (secondary N) is 1. The molecule has 3 rings (SSSR count). The molecule has 0 radical (unpaired) electrons. The van der Waals surface area contributed by atoms with E-state index in [-0.39, 0.29) is 11.6 Å². The lowest BCUT2D eigenvalue weighted by atomic mass is 10.1. The van der Waals surface area contributed by atoms with E-state index < -0.39 is 4.92 Å². The number of thioether (sulfide) groups is 1. The smallest absolute Gasteiger partial charge is 0.272 e. The van der Waals surface area contributed by atoms with Gasteiger partial charge in [0.1, 0.15) is 0 Å². The summed E-state index contributed by atoms with van der Waals surface area (Å²) in [7, 11) is 0. The highest BCUT2D eigenvalue weighted by molar-refractivity contribution is 8.18. The van der Waals surface area contributed by atoms with E-state index in [0.717, 1.165) is 11.3 Å². The van der Waals surface area contributed by atoms with E-state index in [9.17, 15) is 14.9 Å². The topological polar surface area (TPSA) is 84.6 Å². The maximum absolute atomic E-state index is 12.1. The lowest BCUT2D eigenvalue weighted by Gasteiger charge is -1.99. The minimum Gasteiger partial charge on any atom is -0.300 e. The number of benzene rings is 2. The highest BCUT2D eigenvalue weighted by atomic mass is 32.2. The first-order chi connectivity index (χ1) is 11.9. The number of aryl methyl sites for hydroxylation is 2. The molecule has 0 unspecified atom stereocenters. The van der Waals surface area contributed by atoms with Crippen LogP contribution in [-0.4, -0.2) is 16.0 Å². The van der Waals surface area contributed by atoms with Crippen LogP contribution in [0.3, 0.4) is 0 Å². The highest BCUT2D eigenvalue weighted by Gasteiger charge is 2.24. The van der Waals surface area contributed by atoms with Gasteiger partial charge < -0.3 is 5.32 Å². The van der Waals surface area contributed by atoms with Crippen molar-refractivity contribution in [2.75, 3.05) is 0 Å². The van der Waals surface area contributed by atoms with Crippen molar-refractivity contribution in [1.82, 2.24) is 5.32 Å². The first-order valence-corrected chi connectivity index (χ1v) is 8.35. The molecule has 6 nitrogen and oxygen atoms in total. The molecule has 1 N–H and O–H groups in total. The van der Waals surface area contributed by atoms with Gasteiger partial charge in [-0.05, 0) is 54.9 Å². The molecule has 25 heavy (non-hydrogen) atoms. The number of carbonyl (C=O) groups is 1. The Kier molecular flexibility index (Phi) is 4.67. The summed E-state index contributed by atoms with van der Waals surface area (Å²) in [5, 5.41) is 14.2. The summed E-state index contributed by atoms with van der Waals surface area (Å²) in [6.07, 6.45) is 1.63. The normalized spacial score (nSPS) is 17.1. The number of carbonyl (C=O) groups excluding carboxylic acids is 1. The maximum atomic E-state index is 12.1. The number of hydrogen-bond donors (Lipinski definition) is 1. The van der Waals surface area contributed by atoms with Crippen molar-refractivity contribution in [3.63, 3.8) is 0 Å². The van der Waals surface area contributed by atoms with Gasteiger partial charge in [-0.2, -0.15) is 0 Å². The van der Waals surface area contributed by atoms with Crippen LogP contribution < -0.4 is 5.32 Å². The third-order valence-corrected chi connectivity index (χ3v) is 4.52. The van der Waals surface area contributed by atoms with Crippen molar-refractivity contribution in [2.45, 2.75) is 13.8 Å². The predicted molar refractivity (Wildman–Crippen MR) is 99.8 cm³/mol. The maximum Gasteiger partial charge on any atom is 0.272 e. The van der Waals surface area contributed by atoms with Crippen molar-refractivity contribution in [3.8, 4) is 0 Å². The minimum absolute atomic E-state index is 0.0337. The number of nitro groups is 1. The van der Waals surface area contributed by atoms with E-state index >= 15 is 0 Å². The monoisotopic (exact) mass is 353 g/mol. The fraction of sp³-hybridized carbons (Fsp3) is 0.111. The van der Waals surface area contributed by atoms with Crippen LogP contribution in [0.4, 0.5) is 11.4 Å². The summed E-state index contributed by atoms with van der Waals surface area (Å²) >= 11 is 1.21. The van der Waals surface area contributed by atoms with Crippen molar-refractivity contribution in [2.24, 2.45) is 4.99 Å². The van der Waals surface area contributed by atoms with Gasteiger partial charge in [0, 0.05) is 11.6 Å². The molecule has 7 heteroatoms. The van der Waals surface area contributed by atoms with Crippen LogP contribution >= 0.6 is 11.8 Å². The lowest BCUT2D eigenvalue weighted by Crippen LogP contribution is -2.19. The Morgan fingerprint density at radius 2 is 2.00 bits per heavy atom. The minimum atomic E-state index is -0.427. The van der Waals surface area contributed by atoms with E-state index in [4.69, 9.17) is 0 Å². The van der Waals surface area contributed by atoms with Crippen molar-refractivity contribution in [1.29, 1.82) is 0 Å². The molecule has 1 saturated heterocycles. The van der Waals surface area contributed by atoms with Crippen LogP contribution in [0.15, 0.2) is 52.4 Å². The summed E-state index contributed by atoms with van der Waals surface area (Å²) in [6.45, 7) is 3.65. The molecule has 2 aromatic rings. The van der Waals surface area contributed by atoms with Gasteiger partial charge in [-0.15, -0.1) is 0 Å². The Morgan fingerprint density at radius 3 is 2.72 bits per heavy atom. The van der Waals surface area contributed by atoms with E-state index in [0.29, 0.717) is 21.2 Å². The van der Waals surface area contributed by atoms with Crippen LogP contribution in [0, 0.1) is 24.0 Å². The van der Waals surface area contributed by atoms with E-state index in [1.165, 1.54) is 17.8 Å². The zero-order chi connectivity index (χ0) is 18.0. The molecule has 1 aliphatic rings. The zero-order valence-corrected chi connectivity index (χ0v) is 14.5. The van der Waals surface area contributed by atoms with Gasteiger partial charge in [0.2, 0.25) is 0 Å². The quantitative estimate of drug-likeness (QED) is 0.511. The molecular weight excluding hydrogens is 338 g/mol. The largest absolute Gasteiger partial charge is 0.300 e. The standard InChI is InChI=1S/C18H15N3O3S/c1-11-4-3-5-14(8-11)19-18-20-17(22)16(25-18)10-13-7-6-12(2)15(9-13)21(23)24/h3-10H,1-2H3,(H,19,20,22)/b16-10-. The molecule has 1 heterocycles. The third kappa shape index (κ3) is 3.95. The Morgan fingerprint density at radius 1 is 1.20 bits per heavy atom. The van der Waals surface area contributed by atoms with Crippen molar-refractivity contribution in [3.05, 3.63) is 74.2 Å².